The number of carbonyl (C=O) groups excluding carboxylic acids is 1. The normalized spacial score (nSPS) is 14.6. The van der Waals surface area contributed by atoms with Crippen LogP contribution in [-0.4, -0.2) is 37.2 Å². The first-order chi connectivity index (χ1) is 12.9. The molecule has 1 aliphatic heterocycles. The maximum Gasteiger partial charge on any atom is 0.270 e. The standard InChI is InChI=1S/C18H19N3O5S/c22-18(20-11-2-1-3-12-20)14-7-9-15(10-8-14)19-27(25,26)17-6-4-5-16(13-17)21(23)24/h4-10,13,19H,1-3,11-12H2. The van der Waals surface area contributed by atoms with Crippen molar-refractivity contribution < 1.29 is 18.1 Å². The van der Waals surface area contributed by atoms with E-state index in [1.165, 1.54) is 30.3 Å². The number of carbonyl (C=O) groups is 1. The van der Waals surface area contributed by atoms with E-state index < -0.39 is 14.9 Å². The van der Waals surface area contributed by atoms with Crippen LogP contribution in [0.4, 0.5) is 11.4 Å². The monoisotopic (exact) mass is 389 g/mol. The van der Waals surface area contributed by atoms with E-state index in [-0.39, 0.29) is 22.2 Å². The SMILES string of the molecule is O=C(c1ccc(NS(=O)(=O)c2cccc([N+](=O)[O-])c2)cc1)N1CCCCC1. The van der Waals surface area contributed by atoms with Crippen LogP contribution in [0.15, 0.2) is 53.4 Å². The Morgan fingerprint density at radius 1 is 1.04 bits per heavy atom. The summed E-state index contributed by atoms with van der Waals surface area (Å²) in [4.78, 5) is 24.2. The highest BCUT2D eigenvalue weighted by Gasteiger charge is 2.20. The van der Waals surface area contributed by atoms with Gasteiger partial charge in [0.05, 0.1) is 9.82 Å². The summed E-state index contributed by atoms with van der Waals surface area (Å²) in [6.07, 6.45) is 3.11. The van der Waals surface area contributed by atoms with E-state index in [1.807, 2.05) is 0 Å². The molecule has 0 unspecified atom stereocenters. The molecule has 0 radical (unpaired) electrons. The molecule has 1 saturated heterocycles. The van der Waals surface area contributed by atoms with Crippen LogP contribution in [0.25, 0.3) is 0 Å². The van der Waals surface area contributed by atoms with Crippen molar-refractivity contribution in [2.45, 2.75) is 24.2 Å². The summed E-state index contributed by atoms with van der Waals surface area (Å²) >= 11 is 0. The molecular formula is C18H19N3O5S. The van der Waals surface area contributed by atoms with Crippen molar-refractivity contribution in [3.8, 4) is 0 Å². The lowest BCUT2D eigenvalue weighted by molar-refractivity contribution is -0.385. The van der Waals surface area contributed by atoms with Gasteiger partial charge in [-0.05, 0) is 49.6 Å². The average molecular weight is 389 g/mol. The molecule has 1 heterocycles. The quantitative estimate of drug-likeness (QED) is 0.624. The number of hydrogen-bond donors (Lipinski definition) is 1. The van der Waals surface area contributed by atoms with Gasteiger partial charge in [0.25, 0.3) is 21.6 Å². The van der Waals surface area contributed by atoms with E-state index in [9.17, 15) is 23.3 Å². The van der Waals surface area contributed by atoms with Gasteiger partial charge in [-0.2, -0.15) is 0 Å². The summed E-state index contributed by atoms with van der Waals surface area (Å²) in [6.45, 7) is 1.47. The number of sulfonamides is 1. The Kier molecular flexibility index (Phi) is 5.41. The topological polar surface area (TPSA) is 110 Å². The number of nitro benzene ring substituents is 1. The van der Waals surface area contributed by atoms with Crippen LogP contribution in [0.2, 0.25) is 0 Å². The zero-order chi connectivity index (χ0) is 19.4. The average Bonchev–Trinajstić information content (AvgIpc) is 2.68. The number of piperidine rings is 1. The number of likely N-dealkylation sites (tertiary alicyclic amines) is 1. The lowest BCUT2D eigenvalue weighted by Crippen LogP contribution is -2.35. The highest BCUT2D eigenvalue weighted by atomic mass is 32.2. The Labute approximate surface area is 157 Å². The molecule has 0 aliphatic carbocycles. The number of anilines is 1. The fourth-order valence-electron chi connectivity index (χ4n) is 2.94. The van der Waals surface area contributed by atoms with E-state index >= 15 is 0 Å². The van der Waals surface area contributed by atoms with Crippen molar-refractivity contribution in [3.63, 3.8) is 0 Å². The van der Waals surface area contributed by atoms with Crippen LogP contribution >= 0.6 is 0 Å². The van der Waals surface area contributed by atoms with Crippen molar-refractivity contribution in [1.82, 2.24) is 4.90 Å². The van der Waals surface area contributed by atoms with Gasteiger partial charge in [-0.1, -0.05) is 6.07 Å². The van der Waals surface area contributed by atoms with Gasteiger partial charge < -0.3 is 4.90 Å². The Morgan fingerprint density at radius 3 is 2.33 bits per heavy atom. The molecule has 8 nitrogen and oxygen atoms in total. The Bertz CT molecular complexity index is 951. The Balaban J connectivity index is 1.74. The lowest BCUT2D eigenvalue weighted by Gasteiger charge is -2.26. The van der Waals surface area contributed by atoms with Crippen molar-refractivity contribution in [1.29, 1.82) is 0 Å². The second-order valence-corrected chi connectivity index (χ2v) is 7.97. The van der Waals surface area contributed by atoms with Crippen LogP contribution in [0.1, 0.15) is 29.6 Å². The molecule has 1 aliphatic rings. The predicted molar refractivity (Wildman–Crippen MR) is 100 cm³/mol. The molecule has 142 valence electrons. The molecule has 2 aromatic carbocycles. The first-order valence-electron chi connectivity index (χ1n) is 8.53. The molecule has 3 rings (SSSR count). The summed E-state index contributed by atoms with van der Waals surface area (Å²) in [7, 11) is -3.97. The van der Waals surface area contributed by atoms with Crippen LogP contribution in [0.5, 0.6) is 0 Å². The number of amides is 1. The van der Waals surface area contributed by atoms with Gasteiger partial charge in [-0.3, -0.25) is 19.6 Å². The van der Waals surface area contributed by atoms with E-state index in [1.54, 1.807) is 17.0 Å². The third kappa shape index (κ3) is 4.43. The second kappa shape index (κ2) is 7.75. The first kappa shape index (κ1) is 18.8. The van der Waals surface area contributed by atoms with Gasteiger partial charge in [0.1, 0.15) is 0 Å². The van der Waals surface area contributed by atoms with Crippen molar-refractivity contribution >= 4 is 27.3 Å². The number of hydrogen-bond acceptors (Lipinski definition) is 5. The smallest absolute Gasteiger partial charge is 0.270 e. The Hall–Kier alpha value is -2.94. The minimum atomic E-state index is -3.97. The van der Waals surface area contributed by atoms with Gasteiger partial charge in [-0.15, -0.1) is 0 Å². The minimum absolute atomic E-state index is 0.0669. The maximum atomic E-state index is 12.4. The molecule has 0 bridgehead atoms. The largest absolute Gasteiger partial charge is 0.339 e. The number of nitrogens with zero attached hydrogens (tertiary/aromatic N) is 2. The molecule has 1 fully saturated rings. The highest BCUT2D eigenvalue weighted by molar-refractivity contribution is 7.92. The van der Waals surface area contributed by atoms with Gasteiger partial charge in [0, 0.05) is 36.5 Å². The molecule has 1 N–H and O–H groups in total. The molecular weight excluding hydrogens is 370 g/mol. The van der Waals surface area contributed by atoms with Crippen molar-refractivity contribution in [2.24, 2.45) is 0 Å². The summed E-state index contributed by atoms with van der Waals surface area (Å²) in [5, 5.41) is 10.8. The third-order valence-electron chi connectivity index (χ3n) is 4.37. The van der Waals surface area contributed by atoms with E-state index in [4.69, 9.17) is 0 Å². The fraction of sp³-hybridized carbons (Fsp3) is 0.278. The molecule has 2 aromatic rings. The summed E-state index contributed by atoms with van der Waals surface area (Å²) < 4.78 is 27.2. The van der Waals surface area contributed by atoms with Crippen LogP contribution in [-0.2, 0) is 10.0 Å². The molecule has 0 saturated carbocycles. The van der Waals surface area contributed by atoms with Crippen molar-refractivity contribution in [3.05, 3.63) is 64.2 Å². The number of benzene rings is 2. The first-order valence-corrected chi connectivity index (χ1v) is 10.0. The van der Waals surface area contributed by atoms with Gasteiger partial charge in [0.2, 0.25) is 0 Å². The molecule has 0 atom stereocenters. The van der Waals surface area contributed by atoms with Crippen LogP contribution in [0, 0.1) is 10.1 Å². The predicted octanol–water partition coefficient (Wildman–Crippen LogP) is 3.02. The van der Waals surface area contributed by atoms with Crippen molar-refractivity contribution in [2.75, 3.05) is 17.8 Å². The van der Waals surface area contributed by atoms with Gasteiger partial charge >= 0.3 is 0 Å². The molecule has 0 spiro atoms. The van der Waals surface area contributed by atoms with Gasteiger partial charge in [-0.25, -0.2) is 8.42 Å². The summed E-state index contributed by atoms with van der Waals surface area (Å²) in [5.41, 5.74) is 0.465. The number of non-ortho nitro benzene ring substituents is 1. The molecule has 9 heteroatoms. The molecule has 1 amide bonds. The number of nitro groups is 1. The summed E-state index contributed by atoms with van der Waals surface area (Å²) in [6, 6.07) is 11.0. The van der Waals surface area contributed by atoms with E-state index in [0.717, 1.165) is 38.4 Å². The zero-order valence-electron chi connectivity index (χ0n) is 14.5. The fourth-order valence-corrected chi connectivity index (χ4v) is 4.04. The summed E-state index contributed by atoms with van der Waals surface area (Å²) in [5.74, 6) is -0.0669. The second-order valence-electron chi connectivity index (χ2n) is 6.29. The molecule has 27 heavy (non-hydrogen) atoms. The third-order valence-corrected chi connectivity index (χ3v) is 5.75. The van der Waals surface area contributed by atoms with E-state index in [0.29, 0.717) is 5.56 Å². The highest BCUT2D eigenvalue weighted by Crippen LogP contribution is 2.21. The zero-order valence-corrected chi connectivity index (χ0v) is 15.3. The lowest BCUT2D eigenvalue weighted by atomic mass is 10.1. The van der Waals surface area contributed by atoms with Crippen LogP contribution < -0.4 is 4.72 Å². The maximum absolute atomic E-state index is 12.4. The number of rotatable bonds is 5. The van der Waals surface area contributed by atoms with E-state index in [2.05, 4.69) is 4.72 Å². The Morgan fingerprint density at radius 2 is 1.70 bits per heavy atom. The minimum Gasteiger partial charge on any atom is -0.339 e. The van der Waals surface area contributed by atoms with Gasteiger partial charge in [0.15, 0.2) is 0 Å². The van der Waals surface area contributed by atoms with Crippen LogP contribution in [0.3, 0.4) is 0 Å². The number of nitrogens with one attached hydrogen (secondary N) is 1. The molecule has 0 aromatic heterocycles.